The fourth-order valence-corrected chi connectivity index (χ4v) is 3.43. The molecule has 4 rings (SSSR count). The maximum absolute atomic E-state index is 13.9. The van der Waals surface area contributed by atoms with Gasteiger partial charge in [0.05, 0.1) is 0 Å². The summed E-state index contributed by atoms with van der Waals surface area (Å²) >= 11 is 12.0. The number of rotatable bonds is 7. The summed E-state index contributed by atoms with van der Waals surface area (Å²) in [7, 11) is 0. The number of hydrogen-bond donors (Lipinski definition) is 0. The van der Waals surface area contributed by atoms with Crippen LogP contribution in [0.2, 0.25) is 10.0 Å². The van der Waals surface area contributed by atoms with Gasteiger partial charge in [-0.25, -0.2) is 13.8 Å². The Balaban J connectivity index is 1.31. The average molecular weight is 464 g/mol. The molecule has 4 nitrogen and oxygen atoms in total. The lowest BCUT2D eigenvalue weighted by Crippen LogP contribution is -2.16. The van der Waals surface area contributed by atoms with E-state index in [-0.39, 0.29) is 30.7 Å². The summed E-state index contributed by atoms with van der Waals surface area (Å²) < 4.78 is 44.6. The molecule has 3 aromatic rings. The normalized spacial score (nSPS) is 15.4. The van der Waals surface area contributed by atoms with Crippen LogP contribution in [0.3, 0.4) is 0 Å². The third-order valence-electron chi connectivity index (χ3n) is 4.56. The van der Waals surface area contributed by atoms with E-state index in [1.54, 1.807) is 36.4 Å². The summed E-state index contributed by atoms with van der Waals surface area (Å²) in [5.41, 5.74) is 0.569. The Labute approximate surface area is 188 Å². The Kier molecular flexibility index (Phi) is 6.59. The van der Waals surface area contributed by atoms with E-state index in [1.165, 1.54) is 18.2 Å². The minimum atomic E-state index is -0.712. The first-order valence-corrected chi connectivity index (χ1v) is 10.2. The van der Waals surface area contributed by atoms with Gasteiger partial charge in [-0.05, 0) is 48.5 Å². The van der Waals surface area contributed by atoms with Crippen molar-refractivity contribution in [2.75, 3.05) is 13.2 Å². The van der Waals surface area contributed by atoms with Gasteiger partial charge in [0.25, 0.3) is 0 Å². The zero-order valence-electron chi connectivity index (χ0n) is 16.2. The maximum atomic E-state index is 13.9. The summed E-state index contributed by atoms with van der Waals surface area (Å²) in [6.07, 6.45) is 0. The van der Waals surface area contributed by atoms with Crippen molar-refractivity contribution < 1.29 is 23.0 Å². The largest absolute Gasteiger partial charge is 0.491 e. The van der Waals surface area contributed by atoms with Crippen LogP contribution in [0.1, 0.15) is 11.1 Å². The summed E-state index contributed by atoms with van der Waals surface area (Å²) in [6.45, 7) is 0.700. The van der Waals surface area contributed by atoms with Gasteiger partial charge in [0, 0.05) is 15.6 Å². The van der Waals surface area contributed by atoms with Crippen molar-refractivity contribution in [3.63, 3.8) is 0 Å². The highest BCUT2D eigenvalue weighted by atomic mass is 35.5. The van der Waals surface area contributed by atoms with Gasteiger partial charge in [-0.1, -0.05) is 35.3 Å². The Morgan fingerprint density at radius 2 is 1.61 bits per heavy atom. The first kappa shape index (κ1) is 21.4. The molecule has 160 valence electrons. The van der Waals surface area contributed by atoms with E-state index >= 15 is 0 Å². The monoisotopic (exact) mass is 463 g/mol. The molecule has 31 heavy (non-hydrogen) atoms. The molecule has 8 heteroatoms. The molecule has 0 bridgehead atoms. The second-order valence-electron chi connectivity index (χ2n) is 6.80. The quantitative estimate of drug-likeness (QED) is 0.426. The molecule has 1 aliphatic rings. The Bertz CT molecular complexity index is 1090. The molecule has 0 amide bonds. The number of nitrogens with zero attached hydrogens (tertiary/aromatic N) is 1. The van der Waals surface area contributed by atoms with E-state index in [9.17, 15) is 8.78 Å². The maximum Gasteiger partial charge on any atom is 0.222 e. The van der Waals surface area contributed by atoms with Crippen molar-refractivity contribution in [2.24, 2.45) is 4.99 Å². The van der Waals surface area contributed by atoms with E-state index in [2.05, 4.69) is 4.99 Å². The molecule has 1 unspecified atom stereocenters. The highest BCUT2D eigenvalue weighted by molar-refractivity contribution is 6.35. The van der Waals surface area contributed by atoms with Gasteiger partial charge in [-0.2, -0.15) is 0 Å². The smallest absolute Gasteiger partial charge is 0.222 e. The van der Waals surface area contributed by atoms with Crippen molar-refractivity contribution in [1.29, 1.82) is 0 Å². The molecule has 0 N–H and O–H groups in total. The fourth-order valence-electron chi connectivity index (χ4n) is 2.96. The van der Waals surface area contributed by atoms with E-state index in [4.69, 9.17) is 37.4 Å². The van der Waals surface area contributed by atoms with Crippen LogP contribution in [-0.2, 0) is 11.3 Å². The molecule has 1 aliphatic heterocycles. The molecular weight excluding hydrogens is 447 g/mol. The van der Waals surface area contributed by atoms with Crippen molar-refractivity contribution in [1.82, 2.24) is 0 Å². The van der Waals surface area contributed by atoms with Gasteiger partial charge in [-0.3, -0.25) is 0 Å². The molecule has 0 radical (unpaired) electrons. The molecule has 3 aromatic carbocycles. The van der Waals surface area contributed by atoms with Crippen LogP contribution in [0, 0.1) is 11.6 Å². The molecule has 0 fully saturated rings. The summed E-state index contributed by atoms with van der Waals surface area (Å²) in [5, 5.41) is 1.11. The van der Waals surface area contributed by atoms with Crippen molar-refractivity contribution in [3.05, 3.63) is 93.5 Å². The summed E-state index contributed by atoms with van der Waals surface area (Å²) in [6, 6.07) is 15.6. The number of benzene rings is 3. The molecule has 0 saturated heterocycles. The Hall–Kier alpha value is -2.83. The molecule has 1 atom stereocenters. The highest BCUT2D eigenvalue weighted by Crippen LogP contribution is 2.24. The number of aliphatic imine (C=N–C) groups is 1. The van der Waals surface area contributed by atoms with Crippen LogP contribution >= 0.6 is 23.2 Å². The molecule has 0 aromatic heterocycles. The Morgan fingerprint density at radius 1 is 0.935 bits per heavy atom. The van der Waals surface area contributed by atoms with Crippen molar-refractivity contribution in [2.45, 2.75) is 12.6 Å². The van der Waals surface area contributed by atoms with Gasteiger partial charge >= 0.3 is 0 Å². The minimum absolute atomic E-state index is 0.0474. The van der Waals surface area contributed by atoms with Gasteiger partial charge in [-0.15, -0.1) is 0 Å². The molecule has 0 spiro atoms. The van der Waals surface area contributed by atoms with Crippen LogP contribution in [0.4, 0.5) is 8.78 Å². The standard InChI is InChI=1S/C23H17Cl2F2NO3/c24-15-5-4-14(19(25)10-15)11-29-17-6-8-18(9-7-17)30-12-16-13-31-23(28-16)22-20(26)2-1-3-21(22)27/h1-10,16H,11-13H2. The molecule has 0 aliphatic carbocycles. The third-order valence-corrected chi connectivity index (χ3v) is 5.15. The lowest BCUT2D eigenvalue weighted by molar-refractivity contribution is 0.242. The van der Waals surface area contributed by atoms with Crippen LogP contribution in [0.15, 0.2) is 65.7 Å². The van der Waals surface area contributed by atoms with Crippen LogP contribution in [0.25, 0.3) is 0 Å². The van der Waals surface area contributed by atoms with Crippen LogP contribution < -0.4 is 9.47 Å². The molecule has 0 saturated carbocycles. The second-order valence-corrected chi connectivity index (χ2v) is 7.65. The van der Waals surface area contributed by atoms with Gasteiger partial charge < -0.3 is 14.2 Å². The minimum Gasteiger partial charge on any atom is -0.491 e. The van der Waals surface area contributed by atoms with Crippen molar-refractivity contribution in [3.8, 4) is 11.5 Å². The number of ether oxygens (including phenoxy) is 3. The SMILES string of the molecule is Fc1cccc(F)c1C1=NC(COc2ccc(OCc3ccc(Cl)cc3Cl)cc2)CO1. The number of halogens is 4. The van der Waals surface area contributed by atoms with E-state index < -0.39 is 11.6 Å². The van der Waals surface area contributed by atoms with E-state index in [1.807, 2.05) is 6.07 Å². The fraction of sp³-hybridized carbons (Fsp3) is 0.174. The Morgan fingerprint density at radius 3 is 2.29 bits per heavy atom. The van der Waals surface area contributed by atoms with Crippen LogP contribution in [-0.4, -0.2) is 25.2 Å². The van der Waals surface area contributed by atoms with Gasteiger partial charge in [0.2, 0.25) is 5.90 Å². The lowest BCUT2D eigenvalue weighted by Gasteiger charge is -2.11. The van der Waals surface area contributed by atoms with E-state index in [0.717, 1.165) is 5.56 Å². The predicted octanol–water partition coefficient (Wildman–Crippen LogP) is 6.08. The third kappa shape index (κ3) is 5.27. The zero-order valence-corrected chi connectivity index (χ0v) is 17.7. The van der Waals surface area contributed by atoms with Crippen molar-refractivity contribution >= 4 is 29.1 Å². The highest BCUT2D eigenvalue weighted by Gasteiger charge is 2.25. The lowest BCUT2D eigenvalue weighted by atomic mass is 10.2. The second kappa shape index (κ2) is 9.54. The topological polar surface area (TPSA) is 40.0 Å². The average Bonchev–Trinajstić information content (AvgIpc) is 3.21. The molecular formula is C23H17Cl2F2NO3. The summed E-state index contributed by atoms with van der Waals surface area (Å²) in [5.74, 6) is -0.212. The predicted molar refractivity (Wildman–Crippen MR) is 115 cm³/mol. The first-order valence-electron chi connectivity index (χ1n) is 9.44. The van der Waals surface area contributed by atoms with Gasteiger partial charge in [0.15, 0.2) is 0 Å². The van der Waals surface area contributed by atoms with E-state index in [0.29, 0.717) is 28.2 Å². The molecule has 1 heterocycles. The number of hydrogen-bond acceptors (Lipinski definition) is 4. The summed E-state index contributed by atoms with van der Waals surface area (Å²) in [4.78, 5) is 4.23. The zero-order chi connectivity index (χ0) is 21.8. The first-order chi connectivity index (χ1) is 15.0. The van der Waals surface area contributed by atoms with Crippen LogP contribution in [0.5, 0.6) is 11.5 Å². The van der Waals surface area contributed by atoms with Gasteiger partial charge in [0.1, 0.15) is 54.6 Å².